The van der Waals surface area contributed by atoms with Crippen LogP contribution in [0.15, 0.2) is 24.3 Å². The predicted octanol–water partition coefficient (Wildman–Crippen LogP) is 3.18. The smallest absolute Gasteiger partial charge is 0.0391 e. The fraction of sp³-hybridized carbons (Fsp3) is 0.600. The molecule has 2 N–H and O–H groups in total. The van der Waals surface area contributed by atoms with Gasteiger partial charge in [0.05, 0.1) is 0 Å². The normalized spacial score (nSPS) is 31.6. The van der Waals surface area contributed by atoms with Gasteiger partial charge in [0.2, 0.25) is 0 Å². The van der Waals surface area contributed by atoms with E-state index in [2.05, 4.69) is 55.7 Å². The van der Waals surface area contributed by atoms with Gasteiger partial charge in [0, 0.05) is 23.7 Å². The molecule has 1 aromatic carbocycles. The van der Waals surface area contributed by atoms with Crippen molar-refractivity contribution < 1.29 is 0 Å². The summed E-state index contributed by atoms with van der Waals surface area (Å²) in [5.41, 5.74) is 3.08. The van der Waals surface area contributed by atoms with Gasteiger partial charge in [-0.3, -0.25) is 0 Å². The number of benzene rings is 1. The number of anilines is 1. The monoisotopic (exact) mass is 230 g/mol. The molecule has 17 heavy (non-hydrogen) atoms. The van der Waals surface area contributed by atoms with Crippen molar-refractivity contribution in [2.75, 3.05) is 11.9 Å². The molecule has 2 heterocycles. The summed E-state index contributed by atoms with van der Waals surface area (Å²) in [4.78, 5) is 0. The first-order valence-electron chi connectivity index (χ1n) is 6.66. The lowest BCUT2D eigenvalue weighted by Crippen LogP contribution is -2.45. The molecule has 0 amide bonds. The molecule has 0 spiro atoms. The van der Waals surface area contributed by atoms with E-state index in [0.717, 1.165) is 12.5 Å². The van der Waals surface area contributed by atoms with E-state index in [9.17, 15) is 0 Å². The number of rotatable bonds is 0. The van der Waals surface area contributed by atoms with E-state index in [1.807, 2.05) is 0 Å². The topological polar surface area (TPSA) is 24.1 Å². The molecule has 3 rings (SSSR count). The summed E-state index contributed by atoms with van der Waals surface area (Å²) < 4.78 is 0. The maximum atomic E-state index is 3.77. The zero-order valence-electron chi connectivity index (χ0n) is 11.0. The first-order valence-corrected chi connectivity index (χ1v) is 6.66. The highest BCUT2D eigenvalue weighted by molar-refractivity contribution is 5.56. The van der Waals surface area contributed by atoms with Crippen molar-refractivity contribution in [2.24, 2.45) is 11.3 Å². The Kier molecular flexibility index (Phi) is 2.44. The maximum Gasteiger partial charge on any atom is 0.0391 e. The standard InChI is InChI=1S/C15H22N2/c1-15(2,3)14-11-8-9-16-13(11)10-6-4-5-7-12(10)17-14/h4-7,11,13-14,16-17H,8-9H2,1-3H3/t11-,13?,14+/m1/s1. The number of para-hydroxylation sites is 1. The van der Waals surface area contributed by atoms with Crippen molar-refractivity contribution in [3.05, 3.63) is 29.8 Å². The Labute approximate surface area is 104 Å². The number of fused-ring (bicyclic) bond motifs is 3. The summed E-state index contributed by atoms with van der Waals surface area (Å²) in [5.74, 6) is 0.727. The van der Waals surface area contributed by atoms with E-state index in [4.69, 9.17) is 0 Å². The van der Waals surface area contributed by atoms with Gasteiger partial charge in [0.15, 0.2) is 0 Å². The lowest BCUT2D eigenvalue weighted by molar-refractivity contribution is 0.232. The highest BCUT2D eigenvalue weighted by Crippen LogP contribution is 2.45. The van der Waals surface area contributed by atoms with Gasteiger partial charge in [0.25, 0.3) is 0 Å². The Balaban J connectivity index is 2.03. The Hall–Kier alpha value is -1.02. The molecular formula is C15H22N2. The second-order valence-electron chi connectivity index (χ2n) is 6.46. The van der Waals surface area contributed by atoms with E-state index in [1.54, 1.807) is 0 Å². The summed E-state index contributed by atoms with van der Waals surface area (Å²) in [6.45, 7) is 8.17. The molecule has 1 unspecified atom stereocenters. The average Bonchev–Trinajstić information content (AvgIpc) is 2.75. The predicted molar refractivity (Wildman–Crippen MR) is 72.2 cm³/mol. The van der Waals surface area contributed by atoms with Gasteiger partial charge in [-0.15, -0.1) is 0 Å². The third kappa shape index (κ3) is 1.75. The third-order valence-corrected chi connectivity index (χ3v) is 4.24. The van der Waals surface area contributed by atoms with E-state index >= 15 is 0 Å². The molecule has 0 aliphatic carbocycles. The fourth-order valence-electron chi connectivity index (χ4n) is 3.46. The lowest BCUT2D eigenvalue weighted by Gasteiger charge is -2.43. The minimum Gasteiger partial charge on any atom is -0.381 e. The maximum absolute atomic E-state index is 3.77. The first kappa shape index (κ1) is 11.1. The van der Waals surface area contributed by atoms with Crippen LogP contribution in [-0.2, 0) is 0 Å². The van der Waals surface area contributed by atoms with E-state index < -0.39 is 0 Å². The SMILES string of the molecule is CC(C)(C)[C@H]1Nc2ccccc2C2NCC[C@H]21. The summed E-state index contributed by atoms with van der Waals surface area (Å²) in [6, 6.07) is 9.87. The average molecular weight is 230 g/mol. The van der Waals surface area contributed by atoms with Crippen LogP contribution in [0.1, 0.15) is 38.8 Å². The first-order chi connectivity index (χ1) is 8.07. The largest absolute Gasteiger partial charge is 0.381 e. The van der Waals surface area contributed by atoms with Crippen LogP contribution in [0.3, 0.4) is 0 Å². The Morgan fingerprint density at radius 3 is 2.71 bits per heavy atom. The number of hydrogen-bond donors (Lipinski definition) is 2. The fourth-order valence-corrected chi connectivity index (χ4v) is 3.46. The van der Waals surface area contributed by atoms with Crippen LogP contribution in [0.2, 0.25) is 0 Å². The van der Waals surface area contributed by atoms with Gasteiger partial charge in [0.1, 0.15) is 0 Å². The highest BCUT2D eigenvalue weighted by Gasteiger charge is 2.43. The van der Waals surface area contributed by atoms with E-state index in [0.29, 0.717) is 17.5 Å². The Morgan fingerprint density at radius 1 is 1.18 bits per heavy atom. The van der Waals surface area contributed by atoms with Gasteiger partial charge in [-0.2, -0.15) is 0 Å². The molecule has 2 heteroatoms. The summed E-state index contributed by atoms with van der Waals surface area (Å²) in [5, 5.41) is 7.45. The van der Waals surface area contributed by atoms with E-state index in [-0.39, 0.29) is 0 Å². The summed E-state index contributed by atoms with van der Waals surface area (Å²) >= 11 is 0. The van der Waals surface area contributed by atoms with Gasteiger partial charge in [-0.1, -0.05) is 39.0 Å². The summed E-state index contributed by atoms with van der Waals surface area (Å²) in [6.07, 6.45) is 1.29. The molecule has 2 nitrogen and oxygen atoms in total. The zero-order valence-corrected chi connectivity index (χ0v) is 11.0. The molecule has 2 aliphatic heterocycles. The molecule has 1 aromatic rings. The summed E-state index contributed by atoms with van der Waals surface area (Å²) in [7, 11) is 0. The van der Waals surface area contributed by atoms with Crippen molar-refractivity contribution >= 4 is 5.69 Å². The van der Waals surface area contributed by atoms with Crippen LogP contribution < -0.4 is 10.6 Å². The molecular weight excluding hydrogens is 208 g/mol. The van der Waals surface area contributed by atoms with Crippen LogP contribution >= 0.6 is 0 Å². The third-order valence-electron chi connectivity index (χ3n) is 4.24. The second kappa shape index (κ2) is 3.74. The number of nitrogens with one attached hydrogen (secondary N) is 2. The van der Waals surface area contributed by atoms with Crippen LogP contribution in [0.25, 0.3) is 0 Å². The molecule has 1 saturated heterocycles. The van der Waals surface area contributed by atoms with Crippen LogP contribution in [0.5, 0.6) is 0 Å². The van der Waals surface area contributed by atoms with Gasteiger partial charge >= 0.3 is 0 Å². The molecule has 0 radical (unpaired) electrons. The van der Waals surface area contributed by atoms with Crippen molar-refractivity contribution in [1.82, 2.24) is 5.32 Å². The lowest BCUT2D eigenvalue weighted by atomic mass is 9.72. The van der Waals surface area contributed by atoms with Gasteiger partial charge in [-0.25, -0.2) is 0 Å². The Morgan fingerprint density at radius 2 is 1.94 bits per heavy atom. The highest BCUT2D eigenvalue weighted by atomic mass is 15.1. The van der Waals surface area contributed by atoms with E-state index in [1.165, 1.54) is 17.7 Å². The van der Waals surface area contributed by atoms with Crippen molar-refractivity contribution in [3.8, 4) is 0 Å². The van der Waals surface area contributed by atoms with Crippen molar-refractivity contribution in [1.29, 1.82) is 0 Å². The number of hydrogen-bond acceptors (Lipinski definition) is 2. The molecule has 1 fully saturated rings. The molecule has 92 valence electrons. The zero-order chi connectivity index (χ0) is 12.0. The van der Waals surface area contributed by atoms with Crippen molar-refractivity contribution in [3.63, 3.8) is 0 Å². The van der Waals surface area contributed by atoms with Crippen LogP contribution in [-0.4, -0.2) is 12.6 Å². The van der Waals surface area contributed by atoms with Crippen LogP contribution in [0.4, 0.5) is 5.69 Å². The van der Waals surface area contributed by atoms with Gasteiger partial charge < -0.3 is 10.6 Å². The molecule has 3 atom stereocenters. The van der Waals surface area contributed by atoms with Gasteiger partial charge in [-0.05, 0) is 30.0 Å². The second-order valence-corrected chi connectivity index (χ2v) is 6.46. The quantitative estimate of drug-likeness (QED) is 0.715. The molecule has 0 aromatic heterocycles. The molecule has 2 aliphatic rings. The Bertz CT molecular complexity index is 419. The van der Waals surface area contributed by atoms with Crippen LogP contribution in [0, 0.1) is 11.3 Å². The molecule has 0 saturated carbocycles. The minimum atomic E-state index is 0.308. The minimum absolute atomic E-state index is 0.308. The molecule has 0 bridgehead atoms. The van der Waals surface area contributed by atoms with Crippen molar-refractivity contribution in [2.45, 2.75) is 39.3 Å².